The molecule has 1 aromatic rings. The van der Waals surface area contributed by atoms with Crippen LogP contribution in [0.1, 0.15) is 16.7 Å². The van der Waals surface area contributed by atoms with Crippen LogP contribution in [0.4, 0.5) is 0 Å². The summed E-state index contributed by atoms with van der Waals surface area (Å²) in [5, 5.41) is 0. The van der Waals surface area contributed by atoms with E-state index in [1.54, 1.807) is 0 Å². The normalized spacial score (nSPS) is 11.6. The maximum atomic E-state index is 11.2. The first-order chi connectivity index (χ1) is 6.44. The summed E-state index contributed by atoms with van der Waals surface area (Å²) in [5.74, 6) is -0.0599. The van der Waals surface area contributed by atoms with Gasteiger partial charge in [-0.15, -0.1) is 0 Å². The Morgan fingerprint density at radius 3 is 2.43 bits per heavy atom. The molecular weight excluding hydrogens is 200 g/mol. The van der Waals surface area contributed by atoms with Crippen LogP contribution >= 0.6 is 0 Å². The van der Waals surface area contributed by atoms with E-state index in [0.29, 0.717) is 0 Å². The van der Waals surface area contributed by atoms with Gasteiger partial charge in [0.05, 0.1) is 7.11 Å². The zero-order chi connectivity index (χ0) is 10.8. The Kier molecular flexibility index (Phi) is 3.29. The van der Waals surface area contributed by atoms with Crippen LogP contribution in [0.2, 0.25) is 0 Å². The van der Waals surface area contributed by atoms with Crippen molar-refractivity contribution in [3.8, 4) is 0 Å². The number of aryl methyl sites for hydroxylation is 2. The fourth-order valence-electron chi connectivity index (χ4n) is 1.26. The van der Waals surface area contributed by atoms with E-state index in [2.05, 4.69) is 4.18 Å². The Morgan fingerprint density at radius 2 is 1.93 bits per heavy atom. The second kappa shape index (κ2) is 4.11. The summed E-state index contributed by atoms with van der Waals surface area (Å²) in [4.78, 5) is 0. The molecule has 4 heteroatoms. The highest BCUT2D eigenvalue weighted by atomic mass is 32.2. The highest BCUT2D eigenvalue weighted by Gasteiger charge is 2.11. The van der Waals surface area contributed by atoms with Gasteiger partial charge in [-0.05, 0) is 25.0 Å². The number of hydrogen-bond donors (Lipinski definition) is 0. The SMILES string of the molecule is COS(=O)(=O)Cc1ccc(C)cc1C. The molecule has 0 fully saturated rings. The minimum atomic E-state index is -3.41. The topological polar surface area (TPSA) is 43.4 Å². The van der Waals surface area contributed by atoms with Gasteiger partial charge in [0.1, 0.15) is 5.75 Å². The summed E-state index contributed by atoms with van der Waals surface area (Å²) in [6.07, 6.45) is 0. The van der Waals surface area contributed by atoms with E-state index in [0.717, 1.165) is 16.7 Å². The molecule has 0 heterocycles. The van der Waals surface area contributed by atoms with Crippen LogP contribution < -0.4 is 0 Å². The Labute approximate surface area is 84.8 Å². The fourth-order valence-corrected chi connectivity index (χ4v) is 2.08. The van der Waals surface area contributed by atoms with E-state index in [9.17, 15) is 8.42 Å². The van der Waals surface area contributed by atoms with Gasteiger partial charge in [0.2, 0.25) is 0 Å². The summed E-state index contributed by atoms with van der Waals surface area (Å²) in [6, 6.07) is 5.68. The molecule has 0 amide bonds. The zero-order valence-electron chi connectivity index (χ0n) is 8.57. The third kappa shape index (κ3) is 2.82. The second-order valence-electron chi connectivity index (χ2n) is 3.30. The summed E-state index contributed by atoms with van der Waals surface area (Å²) >= 11 is 0. The molecular formula is C10H14O3S. The van der Waals surface area contributed by atoms with Crippen LogP contribution in [0, 0.1) is 13.8 Å². The summed E-state index contributed by atoms with van der Waals surface area (Å²) in [7, 11) is -2.23. The van der Waals surface area contributed by atoms with Gasteiger partial charge in [0.15, 0.2) is 0 Å². The molecule has 0 saturated heterocycles. The first-order valence-corrected chi connectivity index (χ1v) is 5.87. The third-order valence-corrected chi connectivity index (χ3v) is 3.26. The maximum Gasteiger partial charge on any atom is 0.271 e. The van der Waals surface area contributed by atoms with Crippen LogP contribution in [-0.2, 0) is 20.1 Å². The van der Waals surface area contributed by atoms with Gasteiger partial charge < -0.3 is 0 Å². The minimum Gasteiger partial charge on any atom is -0.273 e. The molecule has 0 atom stereocenters. The largest absolute Gasteiger partial charge is 0.273 e. The molecule has 0 aliphatic heterocycles. The first kappa shape index (κ1) is 11.2. The highest BCUT2D eigenvalue weighted by molar-refractivity contribution is 7.85. The molecule has 1 aromatic carbocycles. The molecule has 0 radical (unpaired) electrons. The quantitative estimate of drug-likeness (QED) is 0.720. The lowest BCUT2D eigenvalue weighted by molar-refractivity contribution is 0.397. The summed E-state index contributed by atoms with van der Waals surface area (Å²) < 4.78 is 26.8. The van der Waals surface area contributed by atoms with Crippen molar-refractivity contribution in [3.05, 3.63) is 34.9 Å². The monoisotopic (exact) mass is 214 g/mol. The van der Waals surface area contributed by atoms with Crippen molar-refractivity contribution in [2.45, 2.75) is 19.6 Å². The smallest absolute Gasteiger partial charge is 0.271 e. The lowest BCUT2D eigenvalue weighted by Gasteiger charge is -2.06. The van der Waals surface area contributed by atoms with Crippen molar-refractivity contribution in [3.63, 3.8) is 0 Å². The van der Waals surface area contributed by atoms with E-state index in [4.69, 9.17) is 0 Å². The lowest BCUT2D eigenvalue weighted by atomic mass is 10.1. The molecule has 0 aromatic heterocycles. The molecule has 0 unspecified atom stereocenters. The molecule has 3 nitrogen and oxygen atoms in total. The van der Waals surface area contributed by atoms with Crippen LogP contribution in [0.5, 0.6) is 0 Å². The van der Waals surface area contributed by atoms with Crippen LogP contribution in [0.15, 0.2) is 18.2 Å². The van der Waals surface area contributed by atoms with Gasteiger partial charge in [0, 0.05) is 0 Å². The molecule has 78 valence electrons. The highest BCUT2D eigenvalue weighted by Crippen LogP contribution is 2.14. The van der Waals surface area contributed by atoms with Crippen LogP contribution in [0.3, 0.4) is 0 Å². The summed E-state index contributed by atoms with van der Waals surface area (Å²) in [6.45, 7) is 3.87. The molecule has 0 N–H and O–H groups in total. The van der Waals surface area contributed by atoms with E-state index >= 15 is 0 Å². The first-order valence-electron chi connectivity index (χ1n) is 4.29. The predicted molar refractivity (Wildman–Crippen MR) is 55.5 cm³/mol. The van der Waals surface area contributed by atoms with Gasteiger partial charge in [0.25, 0.3) is 10.1 Å². The van der Waals surface area contributed by atoms with E-state index in [1.807, 2.05) is 32.0 Å². The molecule has 1 rings (SSSR count). The van der Waals surface area contributed by atoms with Crippen molar-refractivity contribution in [1.29, 1.82) is 0 Å². The maximum absolute atomic E-state index is 11.2. The summed E-state index contributed by atoms with van der Waals surface area (Å²) in [5.41, 5.74) is 2.89. The fraction of sp³-hybridized carbons (Fsp3) is 0.400. The van der Waals surface area contributed by atoms with E-state index in [-0.39, 0.29) is 5.75 Å². The molecule has 0 spiro atoms. The Hall–Kier alpha value is -0.870. The molecule has 14 heavy (non-hydrogen) atoms. The number of benzene rings is 1. The van der Waals surface area contributed by atoms with Crippen molar-refractivity contribution in [1.82, 2.24) is 0 Å². The van der Waals surface area contributed by atoms with Gasteiger partial charge in [-0.1, -0.05) is 23.8 Å². The van der Waals surface area contributed by atoms with Gasteiger partial charge in [-0.3, -0.25) is 4.18 Å². The average Bonchev–Trinajstić information content (AvgIpc) is 2.10. The standard InChI is InChI=1S/C10H14O3S/c1-8-4-5-10(9(2)6-8)7-14(11,12)13-3/h4-6H,7H2,1-3H3. The molecule has 0 aliphatic carbocycles. The van der Waals surface area contributed by atoms with Crippen LogP contribution in [-0.4, -0.2) is 15.5 Å². The van der Waals surface area contributed by atoms with Gasteiger partial charge in [-0.25, -0.2) is 0 Å². The van der Waals surface area contributed by atoms with Crippen molar-refractivity contribution in [2.24, 2.45) is 0 Å². The molecule has 0 bridgehead atoms. The Morgan fingerprint density at radius 1 is 1.29 bits per heavy atom. The minimum absolute atomic E-state index is 0.0599. The lowest BCUT2D eigenvalue weighted by Crippen LogP contribution is -2.06. The van der Waals surface area contributed by atoms with Crippen molar-refractivity contribution in [2.75, 3.05) is 7.11 Å². The number of hydrogen-bond acceptors (Lipinski definition) is 3. The van der Waals surface area contributed by atoms with Gasteiger partial charge in [-0.2, -0.15) is 8.42 Å². The van der Waals surface area contributed by atoms with Crippen LogP contribution in [0.25, 0.3) is 0 Å². The third-order valence-electron chi connectivity index (χ3n) is 2.08. The second-order valence-corrected chi connectivity index (χ2v) is 5.04. The number of rotatable bonds is 3. The Balaban J connectivity index is 2.99. The van der Waals surface area contributed by atoms with Crippen molar-refractivity contribution >= 4 is 10.1 Å². The van der Waals surface area contributed by atoms with E-state index < -0.39 is 10.1 Å². The average molecular weight is 214 g/mol. The molecule has 0 saturated carbocycles. The predicted octanol–water partition coefficient (Wildman–Crippen LogP) is 1.78. The zero-order valence-corrected chi connectivity index (χ0v) is 9.39. The van der Waals surface area contributed by atoms with Crippen molar-refractivity contribution < 1.29 is 12.6 Å². The van der Waals surface area contributed by atoms with E-state index in [1.165, 1.54) is 7.11 Å². The molecule has 0 aliphatic rings. The Bertz CT molecular complexity index is 421. The van der Waals surface area contributed by atoms with Gasteiger partial charge >= 0.3 is 0 Å².